The van der Waals surface area contributed by atoms with Crippen LogP contribution < -0.4 is 4.74 Å². The van der Waals surface area contributed by atoms with E-state index in [0.717, 1.165) is 11.3 Å². The van der Waals surface area contributed by atoms with Crippen LogP contribution in [0, 0.1) is 5.82 Å². The van der Waals surface area contributed by atoms with Gasteiger partial charge in [-0.25, -0.2) is 4.39 Å². The largest absolute Gasteiger partial charge is 0.493 e. The number of thioether (sulfide) groups is 1. The Kier molecular flexibility index (Phi) is 4.18. The standard InChI is InChI=1S/C16H14ClFOS/c17-8-11-5-13(18)7-14(6-11)19-9-12-10-20-16-4-2-1-3-15(12)16/h1-7,12H,8-10H2. The van der Waals surface area contributed by atoms with Gasteiger partial charge in [0, 0.05) is 28.5 Å². The molecule has 1 heterocycles. The highest BCUT2D eigenvalue weighted by Gasteiger charge is 2.23. The van der Waals surface area contributed by atoms with Gasteiger partial charge in [0.25, 0.3) is 0 Å². The van der Waals surface area contributed by atoms with Gasteiger partial charge in [-0.05, 0) is 29.3 Å². The van der Waals surface area contributed by atoms with E-state index in [4.69, 9.17) is 16.3 Å². The summed E-state index contributed by atoms with van der Waals surface area (Å²) in [5.74, 6) is 1.90. The molecule has 0 spiro atoms. The second-order valence-corrected chi connectivity index (χ2v) is 6.11. The first-order valence-electron chi connectivity index (χ1n) is 6.46. The summed E-state index contributed by atoms with van der Waals surface area (Å²) < 4.78 is 19.2. The molecular formula is C16H14ClFOS. The monoisotopic (exact) mass is 308 g/mol. The van der Waals surface area contributed by atoms with Gasteiger partial charge in [-0.1, -0.05) is 18.2 Å². The van der Waals surface area contributed by atoms with Crippen molar-refractivity contribution in [1.29, 1.82) is 0 Å². The van der Waals surface area contributed by atoms with Crippen LogP contribution in [-0.4, -0.2) is 12.4 Å². The van der Waals surface area contributed by atoms with Crippen LogP contribution in [0.5, 0.6) is 5.75 Å². The van der Waals surface area contributed by atoms with Crippen LogP contribution in [0.4, 0.5) is 4.39 Å². The van der Waals surface area contributed by atoms with Crippen LogP contribution in [0.25, 0.3) is 0 Å². The molecule has 0 aromatic heterocycles. The zero-order valence-electron chi connectivity index (χ0n) is 10.8. The van der Waals surface area contributed by atoms with Gasteiger partial charge in [-0.3, -0.25) is 0 Å². The van der Waals surface area contributed by atoms with Crippen LogP contribution >= 0.6 is 23.4 Å². The lowest BCUT2D eigenvalue weighted by Gasteiger charge is -2.13. The van der Waals surface area contributed by atoms with Crippen LogP contribution in [0.3, 0.4) is 0 Å². The molecule has 1 nitrogen and oxygen atoms in total. The fourth-order valence-electron chi connectivity index (χ4n) is 2.35. The lowest BCUT2D eigenvalue weighted by atomic mass is 10.0. The lowest BCUT2D eigenvalue weighted by molar-refractivity contribution is 0.296. The van der Waals surface area contributed by atoms with Crippen LogP contribution in [0.2, 0.25) is 0 Å². The predicted octanol–water partition coefficient (Wildman–Crippen LogP) is 4.83. The first-order valence-corrected chi connectivity index (χ1v) is 7.98. The SMILES string of the molecule is Fc1cc(CCl)cc(OCC2CSc3ccccc32)c1. The number of halogens is 2. The molecule has 0 N–H and O–H groups in total. The highest BCUT2D eigenvalue weighted by molar-refractivity contribution is 7.99. The van der Waals surface area contributed by atoms with Crippen molar-refractivity contribution in [2.75, 3.05) is 12.4 Å². The first-order chi connectivity index (χ1) is 9.76. The summed E-state index contributed by atoms with van der Waals surface area (Å²) in [4.78, 5) is 1.32. The van der Waals surface area contributed by atoms with Gasteiger partial charge >= 0.3 is 0 Å². The maximum atomic E-state index is 13.4. The number of hydrogen-bond acceptors (Lipinski definition) is 2. The van der Waals surface area contributed by atoms with Crippen molar-refractivity contribution >= 4 is 23.4 Å². The minimum absolute atomic E-state index is 0.288. The summed E-state index contributed by atoms with van der Waals surface area (Å²) in [6.45, 7) is 0.565. The van der Waals surface area contributed by atoms with Crippen molar-refractivity contribution in [2.24, 2.45) is 0 Å². The molecule has 0 aliphatic carbocycles. The second-order valence-electron chi connectivity index (χ2n) is 4.79. The summed E-state index contributed by atoms with van der Waals surface area (Å²) >= 11 is 7.59. The van der Waals surface area contributed by atoms with E-state index in [1.54, 1.807) is 6.07 Å². The Morgan fingerprint density at radius 3 is 2.95 bits per heavy atom. The molecule has 1 aliphatic heterocycles. The molecule has 20 heavy (non-hydrogen) atoms. The first kappa shape index (κ1) is 13.8. The molecule has 0 bridgehead atoms. The average Bonchev–Trinajstić information content (AvgIpc) is 2.88. The highest BCUT2D eigenvalue weighted by atomic mass is 35.5. The van der Waals surface area contributed by atoms with Crippen molar-refractivity contribution in [3.05, 3.63) is 59.4 Å². The van der Waals surface area contributed by atoms with Crippen molar-refractivity contribution in [3.8, 4) is 5.75 Å². The quantitative estimate of drug-likeness (QED) is 0.748. The minimum Gasteiger partial charge on any atom is -0.493 e. The number of ether oxygens (including phenoxy) is 1. The fourth-order valence-corrected chi connectivity index (χ4v) is 3.73. The molecule has 0 amide bonds. The summed E-state index contributed by atoms with van der Waals surface area (Å²) in [6.07, 6.45) is 0. The summed E-state index contributed by atoms with van der Waals surface area (Å²) in [7, 11) is 0. The Morgan fingerprint density at radius 2 is 2.10 bits per heavy atom. The summed E-state index contributed by atoms with van der Waals surface area (Å²) in [6, 6.07) is 13.0. The third-order valence-electron chi connectivity index (χ3n) is 3.34. The molecule has 2 aromatic rings. The van der Waals surface area contributed by atoms with Crippen LogP contribution in [-0.2, 0) is 5.88 Å². The van der Waals surface area contributed by atoms with Gasteiger partial charge in [0.1, 0.15) is 11.6 Å². The Morgan fingerprint density at radius 1 is 1.25 bits per heavy atom. The second kappa shape index (κ2) is 6.06. The van der Waals surface area contributed by atoms with Crippen molar-refractivity contribution in [1.82, 2.24) is 0 Å². The van der Waals surface area contributed by atoms with Gasteiger partial charge in [-0.15, -0.1) is 23.4 Å². The Labute approximate surface area is 127 Å². The third kappa shape index (κ3) is 2.94. The molecule has 4 heteroatoms. The van der Waals surface area contributed by atoms with E-state index in [0.29, 0.717) is 18.3 Å². The van der Waals surface area contributed by atoms with Crippen molar-refractivity contribution in [3.63, 3.8) is 0 Å². The van der Waals surface area contributed by atoms with Crippen LogP contribution in [0.1, 0.15) is 17.0 Å². The molecule has 0 fully saturated rings. The number of fused-ring (bicyclic) bond motifs is 1. The molecule has 0 saturated heterocycles. The van der Waals surface area contributed by atoms with Gasteiger partial charge in [0.15, 0.2) is 0 Å². The van der Waals surface area contributed by atoms with E-state index < -0.39 is 0 Å². The molecule has 1 unspecified atom stereocenters. The van der Waals surface area contributed by atoms with Gasteiger partial charge < -0.3 is 4.74 Å². The van der Waals surface area contributed by atoms with E-state index in [1.807, 2.05) is 23.9 Å². The lowest BCUT2D eigenvalue weighted by Crippen LogP contribution is -2.10. The highest BCUT2D eigenvalue weighted by Crippen LogP contribution is 2.39. The minimum atomic E-state index is -0.306. The third-order valence-corrected chi connectivity index (χ3v) is 4.90. The number of hydrogen-bond donors (Lipinski definition) is 0. The Balaban J connectivity index is 1.70. The molecule has 1 aliphatic rings. The number of rotatable bonds is 4. The predicted molar refractivity (Wildman–Crippen MR) is 81.4 cm³/mol. The maximum absolute atomic E-state index is 13.4. The molecular weight excluding hydrogens is 295 g/mol. The van der Waals surface area contributed by atoms with Crippen molar-refractivity contribution in [2.45, 2.75) is 16.7 Å². The molecule has 1 atom stereocenters. The van der Waals surface area contributed by atoms with E-state index in [9.17, 15) is 4.39 Å². The Hall–Kier alpha value is -1.19. The molecule has 0 radical (unpaired) electrons. The molecule has 0 saturated carbocycles. The molecule has 104 valence electrons. The van der Waals surface area contributed by atoms with Crippen molar-refractivity contribution < 1.29 is 9.13 Å². The zero-order valence-corrected chi connectivity index (χ0v) is 12.4. The van der Waals surface area contributed by atoms with Gasteiger partial charge in [-0.2, -0.15) is 0 Å². The average molecular weight is 309 g/mol. The van der Waals surface area contributed by atoms with E-state index in [-0.39, 0.29) is 11.7 Å². The van der Waals surface area contributed by atoms with E-state index in [1.165, 1.54) is 22.6 Å². The fraction of sp³-hybridized carbons (Fsp3) is 0.250. The molecule has 3 rings (SSSR count). The number of benzene rings is 2. The van der Waals surface area contributed by atoms with Gasteiger partial charge in [0.2, 0.25) is 0 Å². The smallest absolute Gasteiger partial charge is 0.127 e. The topological polar surface area (TPSA) is 9.23 Å². The summed E-state index contributed by atoms with van der Waals surface area (Å²) in [5, 5.41) is 0. The zero-order chi connectivity index (χ0) is 13.9. The maximum Gasteiger partial charge on any atom is 0.127 e. The van der Waals surface area contributed by atoms with E-state index in [2.05, 4.69) is 12.1 Å². The summed E-state index contributed by atoms with van der Waals surface area (Å²) in [5.41, 5.74) is 2.06. The van der Waals surface area contributed by atoms with Gasteiger partial charge in [0.05, 0.1) is 6.61 Å². The Bertz CT molecular complexity index is 617. The molecule has 2 aromatic carbocycles. The van der Waals surface area contributed by atoms with E-state index >= 15 is 0 Å². The normalized spacial score (nSPS) is 17.0. The number of alkyl halides is 1. The van der Waals surface area contributed by atoms with Crippen LogP contribution in [0.15, 0.2) is 47.4 Å².